The second kappa shape index (κ2) is 8.93. The molecule has 30 heavy (non-hydrogen) atoms. The number of allylic oxidation sites excluding steroid dienone is 1. The summed E-state index contributed by atoms with van der Waals surface area (Å²) < 4.78 is 16.0. The van der Waals surface area contributed by atoms with Gasteiger partial charge in [-0.1, -0.05) is 48.2 Å². The maximum atomic E-state index is 12.3. The van der Waals surface area contributed by atoms with Crippen LogP contribution in [0.4, 0.5) is 0 Å². The van der Waals surface area contributed by atoms with Crippen LogP contribution < -0.4 is 14.8 Å². The Hall–Kier alpha value is -3.44. The number of nitriles is 1. The number of fused-ring (bicyclic) bond motifs is 1. The van der Waals surface area contributed by atoms with Crippen LogP contribution in [0.15, 0.2) is 59.1 Å². The van der Waals surface area contributed by atoms with Crippen molar-refractivity contribution in [1.82, 2.24) is 5.32 Å². The summed E-state index contributed by atoms with van der Waals surface area (Å²) in [7, 11) is 0. The number of thioether (sulfide) groups is 1. The summed E-state index contributed by atoms with van der Waals surface area (Å²) in [4.78, 5) is 24.4. The Morgan fingerprint density at radius 3 is 2.80 bits per heavy atom. The molecular formula is C22H18N2O5S. The van der Waals surface area contributed by atoms with Crippen LogP contribution in [0.25, 0.3) is 0 Å². The first kappa shape index (κ1) is 19.9. The fraction of sp³-hybridized carbons (Fsp3) is 0.227. The van der Waals surface area contributed by atoms with Crippen LogP contribution in [0.3, 0.4) is 0 Å². The van der Waals surface area contributed by atoms with Gasteiger partial charge in [-0.15, -0.1) is 0 Å². The highest BCUT2D eigenvalue weighted by Crippen LogP contribution is 2.40. The van der Waals surface area contributed by atoms with Gasteiger partial charge in [0.2, 0.25) is 12.7 Å². The zero-order valence-electron chi connectivity index (χ0n) is 15.9. The third-order valence-corrected chi connectivity index (χ3v) is 5.72. The van der Waals surface area contributed by atoms with Gasteiger partial charge in [-0.3, -0.25) is 9.59 Å². The minimum Gasteiger partial charge on any atom is -0.460 e. The largest absolute Gasteiger partial charge is 0.460 e. The second-order valence-corrected chi connectivity index (χ2v) is 7.69. The van der Waals surface area contributed by atoms with Crippen LogP contribution in [0.2, 0.25) is 0 Å². The molecule has 0 aromatic heterocycles. The fourth-order valence-electron chi connectivity index (χ4n) is 3.26. The first-order valence-electron chi connectivity index (χ1n) is 9.30. The van der Waals surface area contributed by atoms with Crippen molar-refractivity contribution < 1.29 is 23.8 Å². The van der Waals surface area contributed by atoms with Gasteiger partial charge in [0.05, 0.1) is 22.4 Å². The molecule has 2 aromatic rings. The zero-order chi connectivity index (χ0) is 20.9. The minimum absolute atomic E-state index is 0.0124. The van der Waals surface area contributed by atoms with Gasteiger partial charge in [-0.2, -0.15) is 5.26 Å². The zero-order valence-corrected chi connectivity index (χ0v) is 16.7. The van der Waals surface area contributed by atoms with Crippen molar-refractivity contribution in [3.05, 3.63) is 70.3 Å². The minimum atomic E-state index is -0.423. The first-order valence-corrected chi connectivity index (χ1v) is 10.3. The lowest BCUT2D eigenvalue weighted by Gasteiger charge is -2.25. The van der Waals surface area contributed by atoms with Crippen molar-refractivity contribution in [2.75, 3.05) is 12.5 Å². The van der Waals surface area contributed by atoms with Crippen molar-refractivity contribution in [1.29, 1.82) is 5.26 Å². The van der Waals surface area contributed by atoms with Gasteiger partial charge < -0.3 is 19.5 Å². The lowest BCUT2D eigenvalue weighted by molar-refractivity contribution is -0.141. The molecule has 0 aliphatic carbocycles. The molecule has 1 atom stereocenters. The normalized spacial score (nSPS) is 17.3. The molecule has 1 N–H and O–H groups in total. The van der Waals surface area contributed by atoms with E-state index in [1.54, 1.807) is 12.1 Å². The Kier molecular flexibility index (Phi) is 5.91. The molecule has 2 aromatic carbocycles. The highest BCUT2D eigenvalue weighted by Gasteiger charge is 2.31. The quantitative estimate of drug-likeness (QED) is 0.714. The third-order valence-electron chi connectivity index (χ3n) is 4.73. The van der Waals surface area contributed by atoms with E-state index in [-0.39, 0.29) is 31.5 Å². The number of ether oxygens (including phenoxy) is 3. The SMILES string of the molecule is N#CC1=C(SCC(=O)OCc2ccccc2)NC(=O)C[C@H]1c1ccc2c(c1)OCO2. The van der Waals surface area contributed by atoms with Crippen molar-refractivity contribution in [3.8, 4) is 17.6 Å². The summed E-state index contributed by atoms with van der Waals surface area (Å²) in [6, 6.07) is 16.9. The molecule has 2 aliphatic heterocycles. The molecule has 1 amide bonds. The van der Waals surface area contributed by atoms with Crippen LogP contribution in [0, 0.1) is 11.3 Å². The van der Waals surface area contributed by atoms with Gasteiger partial charge in [0.25, 0.3) is 0 Å². The summed E-state index contributed by atoms with van der Waals surface area (Å²) in [5, 5.41) is 12.8. The van der Waals surface area contributed by atoms with Crippen LogP contribution in [0.5, 0.6) is 11.5 Å². The topological polar surface area (TPSA) is 97.7 Å². The number of amides is 1. The van der Waals surface area contributed by atoms with Crippen molar-refractivity contribution >= 4 is 23.6 Å². The number of hydrogen-bond acceptors (Lipinski definition) is 7. The van der Waals surface area contributed by atoms with Gasteiger partial charge in [0.15, 0.2) is 11.5 Å². The van der Waals surface area contributed by atoms with E-state index in [0.717, 1.165) is 22.9 Å². The maximum absolute atomic E-state index is 12.3. The average molecular weight is 422 g/mol. The third kappa shape index (κ3) is 4.42. The first-order chi connectivity index (χ1) is 14.6. The number of benzene rings is 2. The lowest BCUT2D eigenvalue weighted by Crippen LogP contribution is -2.31. The summed E-state index contributed by atoms with van der Waals surface area (Å²) in [6.07, 6.45) is 0.144. The van der Waals surface area contributed by atoms with Crippen LogP contribution >= 0.6 is 11.8 Å². The molecule has 0 spiro atoms. The van der Waals surface area contributed by atoms with E-state index in [1.807, 2.05) is 36.4 Å². The van der Waals surface area contributed by atoms with Gasteiger partial charge in [0, 0.05) is 12.3 Å². The molecular weight excluding hydrogens is 404 g/mol. The molecule has 8 heteroatoms. The second-order valence-electron chi connectivity index (χ2n) is 6.71. The van der Waals surface area contributed by atoms with E-state index in [2.05, 4.69) is 11.4 Å². The Morgan fingerprint density at radius 2 is 2.00 bits per heavy atom. The molecule has 0 saturated heterocycles. The Morgan fingerprint density at radius 1 is 1.20 bits per heavy atom. The maximum Gasteiger partial charge on any atom is 0.316 e. The lowest BCUT2D eigenvalue weighted by atomic mass is 9.87. The molecule has 0 bridgehead atoms. The summed E-state index contributed by atoms with van der Waals surface area (Å²) in [6.45, 7) is 0.327. The fourth-order valence-corrected chi connectivity index (χ4v) is 4.13. The number of esters is 1. The summed E-state index contributed by atoms with van der Waals surface area (Å²) in [5.41, 5.74) is 2.09. The predicted octanol–water partition coefficient (Wildman–Crippen LogP) is 3.23. The van der Waals surface area contributed by atoms with Crippen molar-refractivity contribution in [2.45, 2.75) is 18.9 Å². The van der Waals surface area contributed by atoms with Crippen LogP contribution in [0.1, 0.15) is 23.5 Å². The number of nitrogens with zero attached hydrogens (tertiary/aromatic N) is 1. The van der Waals surface area contributed by atoms with E-state index in [0.29, 0.717) is 22.1 Å². The molecule has 2 aliphatic rings. The predicted molar refractivity (Wildman–Crippen MR) is 109 cm³/mol. The molecule has 7 nitrogen and oxygen atoms in total. The van der Waals surface area contributed by atoms with Crippen molar-refractivity contribution in [3.63, 3.8) is 0 Å². The Labute approximate surface area is 177 Å². The average Bonchev–Trinajstić information content (AvgIpc) is 3.24. The molecule has 2 heterocycles. The van der Waals surface area contributed by atoms with E-state index in [4.69, 9.17) is 14.2 Å². The highest BCUT2D eigenvalue weighted by molar-refractivity contribution is 8.03. The van der Waals surface area contributed by atoms with E-state index >= 15 is 0 Å². The van der Waals surface area contributed by atoms with Gasteiger partial charge in [0.1, 0.15) is 6.61 Å². The van der Waals surface area contributed by atoms with Gasteiger partial charge >= 0.3 is 5.97 Å². The standard InChI is InChI=1S/C22H18N2O5S/c23-10-17-16(15-6-7-18-19(8-15)29-13-28-18)9-20(25)24-22(17)30-12-21(26)27-11-14-4-2-1-3-5-14/h1-8,16H,9,11-13H2,(H,24,25)/t16-/m0/s1. The molecule has 0 fully saturated rings. The van der Waals surface area contributed by atoms with Crippen molar-refractivity contribution in [2.24, 2.45) is 0 Å². The Balaban J connectivity index is 1.46. The van der Waals surface area contributed by atoms with E-state index < -0.39 is 11.9 Å². The summed E-state index contributed by atoms with van der Waals surface area (Å²) >= 11 is 1.10. The van der Waals surface area contributed by atoms with E-state index in [9.17, 15) is 14.9 Å². The number of carbonyl (C=O) groups excluding carboxylic acids is 2. The summed E-state index contributed by atoms with van der Waals surface area (Å²) in [5.74, 6) is 0.166. The smallest absolute Gasteiger partial charge is 0.316 e. The number of nitrogens with one attached hydrogen (secondary N) is 1. The van der Waals surface area contributed by atoms with Crippen LogP contribution in [-0.2, 0) is 20.9 Å². The van der Waals surface area contributed by atoms with Crippen LogP contribution in [-0.4, -0.2) is 24.4 Å². The molecule has 4 rings (SSSR count). The molecule has 0 unspecified atom stereocenters. The van der Waals surface area contributed by atoms with E-state index in [1.165, 1.54) is 0 Å². The Bertz CT molecular complexity index is 1050. The highest BCUT2D eigenvalue weighted by atomic mass is 32.2. The molecule has 0 radical (unpaired) electrons. The number of hydrogen-bond donors (Lipinski definition) is 1. The number of carbonyl (C=O) groups is 2. The number of rotatable bonds is 6. The monoisotopic (exact) mass is 422 g/mol. The molecule has 152 valence electrons. The van der Waals surface area contributed by atoms with Gasteiger partial charge in [-0.05, 0) is 23.3 Å². The molecule has 0 saturated carbocycles. The van der Waals surface area contributed by atoms with Gasteiger partial charge in [-0.25, -0.2) is 0 Å².